The molecule has 1 rings (SSSR count). The summed E-state index contributed by atoms with van der Waals surface area (Å²) in [6, 6.07) is 0. The molecule has 0 saturated heterocycles. The third-order valence-electron chi connectivity index (χ3n) is 2.13. The second-order valence-corrected chi connectivity index (χ2v) is 2.92. The molecule has 0 unspecified atom stereocenters. The Morgan fingerprint density at radius 2 is 2.10 bits per heavy atom. The molecule has 1 aliphatic rings. The molecule has 10 heavy (non-hydrogen) atoms. The van der Waals surface area contributed by atoms with Crippen LogP contribution in [0.1, 0.15) is 25.7 Å². The molecule has 0 atom stereocenters. The van der Waals surface area contributed by atoms with Gasteiger partial charge in [-0.2, -0.15) is 0 Å². The van der Waals surface area contributed by atoms with E-state index in [1.54, 1.807) is 0 Å². The highest BCUT2D eigenvalue weighted by atomic mass is 16.5. The van der Waals surface area contributed by atoms with Gasteiger partial charge in [-0.05, 0) is 12.3 Å². The lowest BCUT2D eigenvalue weighted by Crippen LogP contribution is -2.14. The number of aliphatic hydroxyl groups excluding tert-OH is 1. The predicted octanol–water partition coefficient (Wildman–Crippen LogP) is 1.19. The van der Waals surface area contributed by atoms with E-state index < -0.39 is 0 Å². The van der Waals surface area contributed by atoms with E-state index in [2.05, 4.69) is 0 Å². The summed E-state index contributed by atoms with van der Waals surface area (Å²) in [5, 5.41) is 8.38. The van der Waals surface area contributed by atoms with Crippen molar-refractivity contribution in [3.63, 3.8) is 0 Å². The third-order valence-corrected chi connectivity index (χ3v) is 2.13. The minimum absolute atomic E-state index is 0.157. The topological polar surface area (TPSA) is 29.5 Å². The van der Waals surface area contributed by atoms with E-state index >= 15 is 0 Å². The van der Waals surface area contributed by atoms with Gasteiger partial charge >= 0.3 is 0 Å². The van der Waals surface area contributed by atoms with Crippen LogP contribution in [0, 0.1) is 5.92 Å². The number of rotatable bonds is 5. The smallest absolute Gasteiger partial charge is 0.0697 e. The van der Waals surface area contributed by atoms with Crippen LogP contribution in [0.3, 0.4) is 0 Å². The van der Waals surface area contributed by atoms with E-state index in [0.29, 0.717) is 6.61 Å². The first-order valence-corrected chi connectivity index (χ1v) is 4.12. The van der Waals surface area contributed by atoms with Crippen LogP contribution in [-0.4, -0.2) is 24.9 Å². The van der Waals surface area contributed by atoms with Crippen molar-refractivity contribution in [2.45, 2.75) is 25.7 Å². The highest BCUT2D eigenvalue weighted by molar-refractivity contribution is 4.68. The normalized spacial score (nSPS) is 18.9. The molecule has 0 bridgehead atoms. The second kappa shape index (κ2) is 4.69. The highest BCUT2D eigenvalue weighted by Gasteiger charge is 2.16. The summed E-state index contributed by atoms with van der Waals surface area (Å²) in [6.45, 7) is 1.50. The standard InChI is InChI=1S/C8H16O2/c9-5-7-10-6-4-8-2-1-3-8/h8-9H,1-7H2. The van der Waals surface area contributed by atoms with Crippen molar-refractivity contribution in [2.75, 3.05) is 19.8 Å². The molecule has 0 aromatic heterocycles. The molecule has 1 fully saturated rings. The number of ether oxygens (including phenoxy) is 1. The van der Waals surface area contributed by atoms with Crippen molar-refractivity contribution >= 4 is 0 Å². The monoisotopic (exact) mass is 144 g/mol. The largest absolute Gasteiger partial charge is 0.394 e. The maximum atomic E-state index is 8.38. The van der Waals surface area contributed by atoms with Gasteiger partial charge in [0.25, 0.3) is 0 Å². The zero-order chi connectivity index (χ0) is 7.23. The van der Waals surface area contributed by atoms with E-state index in [0.717, 1.165) is 12.5 Å². The van der Waals surface area contributed by atoms with Gasteiger partial charge < -0.3 is 9.84 Å². The van der Waals surface area contributed by atoms with Crippen LogP contribution >= 0.6 is 0 Å². The van der Waals surface area contributed by atoms with Crippen molar-refractivity contribution in [1.82, 2.24) is 0 Å². The molecule has 0 aliphatic heterocycles. The number of hydrogen-bond donors (Lipinski definition) is 1. The van der Waals surface area contributed by atoms with E-state index in [1.807, 2.05) is 0 Å². The van der Waals surface area contributed by atoms with Gasteiger partial charge in [0.05, 0.1) is 13.2 Å². The lowest BCUT2D eigenvalue weighted by Gasteiger charge is -2.24. The molecule has 1 N–H and O–H groups in total. The first-order valence-electron chi connectivity index (χ1n) is 4.12. The average molecular weight is 144 g/mol. The molecule has 0 spiro atoms. The van der Waals surface area contributed by atoms with Gasteiger partial charge in [-0.15, -0.1) is 0 Å². The van der Waals surface area contributed by atoms with Crippen LogP contribution in [0.4, 0.5) is 0 Å². The molecule has 0 amide bonds. The predicted molar refractivity (Wildman–Crippen MR) is 39.9 cm³/mol. The number of aliphatic hydroxyl groups is 1. The van der Waals surface area contributed by atoms with Crippen molar-refractivity contribution in [3.05, 3.63) is 0 Å². The summed E-state index contributed by atoms with van der Waals surface area (Å²) in [5.74, 6) is 0.929. The second-order valence-electron chi connectivity index (χ2n) is 2.92. The molecule has 1 saturated carbocycles. The van der Waals surface area contributed by atoms with Gasteiger partial charge in [0.2, 0.25) is 0 Å². The van der Waals surface area contributed by atoms with Crippen LogP contribution in [0.25, 0.3) is 0 Å². The molecule has 1 aliphatic carbocycles. The molecule has 60 valence electrons. The highest BCUT2D eigenvalue weighted by Crippen LogP contribution is 2.28. The van der Waals surface area contributed by atoms with Crippen molar-refractivity contribution in [3.8, 4) is 0 Å². The summed E-state index contributed by atoms with van der Waals surface area (Å²) in [4.78, 5) is 0. The molecule has 0 aromatic carbocycles. The molecule has 2 nitrogen and oxygen atoms in total. The van der Waals surface area contributed by atoms with Crippen LogP contribution in [0.15, 0.2) is 0 Å². The van der Waals surface area contributed by atoms with Gasteiger partial charge in [-0.1, -0.05) is 19.3 Å². The lowest BCUT2D eigenvalue weighted by molar-refractivity contribution is 0.0750. The van der Waals surface area contributed by atoms with E-state index in [-0.39, 0.29) is 6.61 Å². The molecular weight excluding hydrogens is 128 g/mol. The van der Waals surface area contributed by atoms with Gasteiger partial charge in [-0.25, -0.2) is 0 Å². The molecule has 0 aromatic rings. The van der Waals surface area contributed by atoms with Gasteiger partial charge in [0.1, 0.15) is 0 Å². The summed E-state index contributed by atoms with van der Waals surface area (Å²) in [5.41, 5.74) is 0. The van der Waals surface area contributed by atoms with Gasteiger partial charge in [-0.3, -0.25) is 0 Å². The van der Waals surface area contributed by atoms with Crippen molar-refractivity contribution in [2.24, 2.45) is 5.92 Å². The quantitative estimate of drug-likeness (QED) is 0.587. The van der Waals surface area contributed by atoms with Gasteiger partial charge in [0, 0.05) is 6.61 Å². The summed E-state index contributed by atoms with van der Waals surface area (Å²) in [6.07, 6.45) is 5.38. The Morgan fingerprint density at radius 1 is 1.30 bits per heavy atom. The molecule has 2 heteroatoms. The van der Waals surface area contributed by atoms with Crippen LogP contribution < -0.4 is 0 Å². The van der Waals surface area contributed by atoms with E-state index in [9.17, 15) is 0 Å². The summed E-state index contributed by atoms with van der Waals surface area (Å²) in [7, 11) is 0. The fraction of sp³-hybridized carbons (Fsp3) is 1.00. The van der Waals surface area contributed by atoms with Crippen LogP contribution in [0.5, 0.6) is 0 Å². The van der Waals surface area contributed by atoms with Crippen molar-refractivity contribution in [1.29, 1.82) is 0 Å². The van der Waals surface area contributed by atoms with Crippen LogP contribution in [0.2, 0.25) is 0 Å². The maximum Gasteiger partial charge on any atom is 0.0697 e. The third kappa shape index (κ3) is 2.67. The Hall–Kier alpha value is -0.0800. The Morgan fingerprint density at radius 3 is 2.60 bits per heavy atom. The van der Waals surface area contributed by atoms with E-state index in [1.165, 1.54) is 25.7 Å². The minimum atomic E-state index is 0.157. The first kappa shape index (κ1) is 8.02. The summed E-state index contributed by atoms with van der Waals surface area (Å²) >= 11 is 0. The fourth-order valence-electron chi connectivity index (χ4n) is 1.20. The molecule has 0 radical (unpaired) electrons. The average Bonchev–Trinajstić information content (AvgIpc) is 1.84. The maximum absolute atomic E-state index is 8.38. The van der Waals surface area contributed by atoms with Crippen LogP contribution in [-0.2, 0) is 4.74 Å². The lowest BCUT2D eigenvalue weighted by atomic mass is 9.83. The number of hydrogen-bond acceptors (Lipinski definition) is 2. The molecule has 0 heterocycles. The Balaban J connectivity index is 1.76. The first-order chi connectivity index (χ1) is 4.93. The SMILES string of the molecule is OCCOCCC1CCC1. The Bertz CT molecular complexity index is 79.3. The van der Waals surface area contributed by atoms with Gasteiger partial charge in [0.15, 0.2) is 0 Å². The van der Waals surface area contributed by atoms with Crippen molar-refractivity contribution < 1.29 is 9.84 Å². The minimum Gasteiger partial charge on any atom is -0.394 e. The summed E-state index contributed by atoms with van der Waals surface area (Å²) < 4.78 is 5.14. The Labute approximate surface area is 62.2 Å². The Kier molecular flexibility index (Phi) is 3.76. The van der Waals surface area contributed by atoms with E-state index in [4.69, 9.17) is 9.84 Å². The zero-order valence-electron chi connectivity index (χ0n) is 6.38. The molecular formula is C8H16O2. The fourth-order valence-corrected chi connectivity index (χ4v) is 1.20. The zero-order valence-corrected chi connectivity index (χ0v) is 6.38.